The van der Waals surface area contributed by atoms with Crippen molar-refractivity contribution in [2.75, 3.05) is 5.73 Å². The van der Waals surface area contributed by atoms with E-state index in [0.717, 1.165) is 5.56 Å². The zero-order valence-corrected chi connectivity index (χ0v) is 12.7. The Morgan fingerprint density at radius 1 is 1.43 bits per heavy atom. The normalized spacial score (nSPS) is 13.7. The van der Waals surface area contributed by atoms with Gasteiger partial charge in [-0.05, 0) is 22.7 Å². The second kappa shape index (κ2) is 5.66. The van der Waals surface area contributed by atoms with E-state index in [0.29, 0.717) is 17.6 Å². The summed E-state index contributed by atoms with van der Waals surface area (Å²) in [5.41, 5.74) is 7.54. The van der Waals surface area contributed by atoms with Crippen molar-refractivity contribution in [2.24, 2.45) is 0 Å². The summed E-state index contributed by atoms with van der Waals surface area (Å²) in [6.45, 7) is 7.38. The molecule has 1 aromatic carbocycles. The predicted molar refractivity (Wildman–Crippen MR) is 84.6 cm³/mol. The summed E-state index contributed by atoms with van der Waals surface area (Å²) in [4.78, 5) is 6.98. The van der Waals surface area contributed by atoms with Gasteiger partial charge >= 0.3 is 7.12 Å². The second-order valence-corrected chi connectivity index (χ2v) is 7.07. The van der Waals surface area contributed by atoms with Crippen LogP contribution in [-0.2, 0) is 26.9 Å². The van der Waals surface area contributed by atoms with Crippen molar-refractivity contribution in [2.45, 2.75) is 17.4 Å². The van der Waals surface area contributed by atoms with E-state index in [1.165, 1.54) is 12.3 Å². The topological polar surface area (TPSA) is 107 Å². The number of sulfone groups is 1. The van der Waals surface area contributed by atoms with Gasteiger partial charge in [0, 0.05) is 11.9 Å². The van der Waals surface area contributed by atoms with Crippen LogP contribution in [0, 0.1) is 6.57 Å². The highest BCUT2D eigenvalue weighted by Gasteiger charge is 2.28. The Labute approximate surface area is 133 Å². The Morgan fingerprint density at radius 3 is 2.96 bits per heavy atom. The van der Waals surface area contributed by atoms with Crippen LogP contribution in [0.4, 0.5) is 11.4 Å². The smallest absolute Gasteiger partial charge is 0.423 e. The molecule has 0 spiro atoms. The molecule has 7 nitrogen and oxygen atoms in total. The van der Waals surface area contributed by atoms with Gasteiger partial charge in [0.1, 0.15) is 0 Å². The lowest BCUT2D eigenvalue weighted by Crippen LogP contribution is -2.28. The Balaban J connectivity index is 1.97. The lowest BCUT2D eigenvalue weighted by atomic mass is 9.79. The summed E-state index contributed by atoms with van der Waals surface area (Å²) in [7, 11) is -4.85. The van der Waals surface area contributed by atoms with E-state index in [1.807, 2.05) is 0 Å². The van der Waals surface area contributed by atoms with Gasteiger partial charge in [-0.3, -0.25) is 4.98 Å². The average Bonchev–Trinajstić information content (AvgIpc) is 2.87. The van der Waals surface area contributed by atoms with Crippen LogP contribution in [0.15, 0.2) is 35.5 Å². The first-order valence-corrected chi connectivity index (χ1v) is 8.33. The van der Waals surface area contributed by atoms with Gasteiger partial charge < -0.3 is 15.4 Å². The van der Waals surface area contributed by atoms with Crippen LogP contribution in [0.25, 0.3) is 4.85 Å². The minimum Gasteiger partial charge on any atom is -0.423 e. The fourth-order valence-electron chi connectivity index (χ4n) is 2.42. The van der Waals surface area contributed by atoms with Crippen LogP contribution < -0.4 is 11.2 Å². The predicted octanol–water partition coefficient (Wildman–Crippen LogP) is 0.406. The van der Waals surface area contributed by atoms with Crippen molar-refractivity contribution in [3.8, 4) is 0 Å². The molecule has 0 radical (unpaired) electrons. The molecule has 0 bridgehead atoms. The zero-order valence-electron chi connectivity index (χ0n) is 11.9. The Bertz CT molecular complexity index is 924. The quantitative estimate of drug-likeness (QED) is 0.624. The van der Waals surface area contributed by atoms with Crippen LogP contribution in [0.1, 0.15) is 11.1 Å². The third kappa shape index (κ3) is 2.92. The number of anilines is 1. The van der Waals surface area contributed by atoms with Crippen LogP contribution in [0.3, 0.4) is 0 Å². The highest BCUT2D eigenvalue weighted by Crippen LogP contribution is 2.27. The highest BCUT2D eigenvalue weighted by molar-refractivity contribution is 7.90. The molecule has 1 aliphatic heterocycles. The molecule has 0 aliphatic carbocycles. The number of nitrogens with two attached hydrogens (primary N) is 1. The first kappa shape index (κ1) is 15.5. The molecule has 0 atom stereocenters. The number of benzene rings is 1. The summed E-state index contributed by atoms with van der Waals surface area (Å²) in [5, 5.41) is 9.40. The van der Waals surface area contributed by atoms with E-state index in [-0.39, 0.29) is 22.2 Å². The van der Waals surface area contributed by atoms with Gasteiger partial charge in [0.2, 0.25) is 5.69 Å². The number of pyridine rings is 1. The fourth-order valence-corrected chi connectivity index (χ4v) is 3.81. The van der Waals surface area contributed by atoms with E-state index in [9.17, 15) is 13.4 Å². The highest BCUT2D eigenvalue weighted by atomic mass is 32.2. The number of rotatable bonds is 3. The van der Waals surface area contributed by atoms with Gasteiger partial charge in [0.25, 0.3) is 0 Å². The minimum atomic E-state index is -3.81. The SMILES string of the molecule is [C-]#[N+]c1cc(N)cnc1S(=O)(=O)Cc1ccc2c(c1)B(O)OC2. The largest absolute Gasteiger partial charge is 0.491 e. The number of hydrogen-bond acceptors (Lipinski definition) is 6. The van der Waals surface area contributed by atoms with Crippen molar-refractivity contribution < 1.29 is 18.1 Å². The van der Waals surface area contributed by atoms with E-state index in [2.05, 4.69) is 9.83 Å². The molecule has 2 heterocycles. The molecule has 0 saturated heterocycles. The summed E-state index contributed by atoms with van der Waals surface area (Å²) < 4.78 is 30.2. The van der Waals surface area contributed by atoms with E-state index in [1.54, 1.807) is 18.2 Å². The zero-order chi connectivity index (χ0) is 16.6. The third-order valence-corrected chi connectivity index (χ3v) is 5.12. The molecule has 0 saturated carbocycles. The third-order valence-electron chi connectivity index (χ3n) is 3.50. The Hall–Kier alpha value is -2.41. The molecular weight excluding hydrogens is 317 g/mol. The number of nitrogen functional groups attached to an aromatic ring is 1. The maximum atomic E-state index is 12.5. The van der Waals surface area contributed by atoms with Gasteiger partial charge in [-0.25, -0.2) is 13.3 Å². The molecule has 23 heavy (non-hydrogen) atoms. The number of hydrogen-bond donors (Lipinski definition) is 2. The Kier molecular flexibility index (Phi) is 3.81. The first-order valence-electron chi connectivity index (χ1n) is 6.68. The molecule has 0 unspecified atom stereocenters. The number of fused-ring (bicyclic) bond motifs is 1. The molecule has 3 N–H and O–H groups in total. The maximum absolute atomic E-state index is 12.5. The minimum absolute atomic E-state index is 0.102. The number of nitrogens with zero attached hydrogens (tertiary/aromatic N) is 2. The van der Waals surface area contributed by atoms with Gasteiger partial charge in [-0.15, -0.1) is 0 Å². The Morgan fingerprint density at radius 2 is 2.22 bits per heavy atom. The molecule has 2 aromatic rings. The monoisotopic (exact) mass is 329 g/mol. The van der Waals surface area contributed by atoms with Crippen molar-refractivity contribution >= 4 is 33.8 Å². The van der Waals surface area contributed by atoms with E-state index in [4.69, 9.17) is 17.0 Å². The summed E-state index contributed by atoms with van der Waals surface area (Å²) in [5.74, 6) is -0.327. The molecular formula is C14H12BN3O4S. The first-order chi connectivity index (χ1) is 10.9. The summed E-state index contributed by atoms with van der Waals surface area (Å²) in [6, 6.07) is 6.27. The lowest BCUT2D eigenvalue weighted by molar-refractivity contribution is 0.275. The maximum Gasteiger partial charge on any atom is 0.491 e. The van der Waals surface area contributed by atoms with Crippen molar-refractivity contribution in [1.82, 2.24) is 4.98 Å². The van der Waals surface area contributed by atoms with Crippen molar-refractivity contribution in [3.05, 3.63) is 53.0 Å². The number of aromatic nitrogens is 1. The van der Waals surface area contributed by atoms with Crippen molar-refractivity contribution in [3.63, 3.8) is 0 Å². The average molecular weight is 329 g/mol. The fraction of sp³-hybridized carbons (Fsp3) is 0.143. The second-order valence-electron chi connectivity index (χ2n) is 5.16. The van der Waals surface area contributed by atoms with Crippen LogP contribution in [0.5, 0.6) is 0 Å². The van der Waals surface area contributed by atoms with Gasteiger partial charge in [-0.1, -0.05) is 18.2 Å². The molecule has 1 aromatic heterocycles. The van der Waals surface area contributed by atoms with Gasteiger partial charge in [0.05, 0.1) is 18.9 Å². The molecule has 116 valence electrons. The summed E-state index contributed by atoms with van der Waals surface area (Å²) in [6.07, 6.45) is 1.21. The molecule has 1 aliphatic rings. The standard InChI is InChI=1S/C14H12BN3O4S/c1-17-13-5-11(16)6-18-14(13)23(20,21)8-9-2-3-10-7-22-15(19)12(10)4-9/h2-6,19H,7-8,16H2. The molecule has 3 rings (SSSR count). The van der Waals surface area contributed by atoms with E-state index >= 15 is 0 Å². The molecule has 0 amide bonds. The summed E-state index contributed by atoms with van der Waals surface area (Å²) >= 11 is 0. The van der Waals surface area contributed by atoms with E-state index < -0.39 is 17.0 Å². The van der Waals surface area contributed by atoms with Crippen LogP contribution >= 0.6 is 0 Å². The van der Waals surface area contributed by atoms with Gasteiger partial charge in [0.15, 0.2) is 14.9 Å². The van der Waals surface area contributed by atoms with Crippen molar-refractivity contribution in [1.29, 1.82) is 0 Å². The lowest BCUT2D eigenvalue weighted by Gasteiger charge is -2.08. The van der Waals surface area contributed by atoms with Gasteiger partial charge in [-0.2, -0.15) is 0 Å². The van der Waals surface area contributed by atoms with Crippen LogP contribution in [0.2, 0.25) is 0 Å². The molecule has 9 heteroatoms. The molecule has 0 fully saturated rings. The van der Waals surface area contributed by atoms with Crippen LogP contribution in [-0.4, -0.2) is 25.5 Å².